The number of nitrogens with one attached hydrogen (secondary N) is 1. The molecule has 0 radical (unpaired) electrons. The maximum Gasteiger partial charge on any atom is 0.107 e. The molecule has 2 aromatic rings. The molecule has 1 atom stereocenters. The molecular weight excluding hydrogens is 244 g/mol. The molecule has 6 nitrogen and oxygen atoms in total. The van der Waals surface area contributed by atoms with Gasteiger partial charge >= 0.3 is 0 Å². The lowest BCUT2D eigenvalue weighted by atomic mass is 9.96. The van der Waals surface area contributed by atoms with E-state index in [-0.39, 0.29) is 0 Å². The molecule has 0 saturated carbocycles. The first kappa shape index (κ1) is 13.8. The Morgan fingerprint density at radius 2 is 2.21 bits per heavy atom. The number of aromatic nitrogens is 3. The molecule has 0 amide bonds. The molecular formula is C13H20N4O2. The van der Waals surface area contributed by atoms with Crippen LogP contribution in [0.5, 0.6) is 0 Å². The fourth-order valence-electron chi connectivity index (χ4n) is 2.17. The predicted octanol–water partition coefficient (Wildman–Crippen LogP) is 1.02. The average molecular weight is 264 g/mol. The van der Waals surface area contributed by atoms with Gasteiger partial charge in [0.15, 0.2) is 0 Å². The zero-order valence-corrected chi connectivity index (χ0v) is 11.8. The van der Waals surface area contributed by atoms with E-state index in [1.165, 1.54) is 0 Å². The molecule has 2 heterocycles. The average Bonchev–Trinajstić information content (AvgIpc) is 2.86. The molecule has 6 heteroatoms. The largest absolute Gasteiger partial charge is 0.466 e. The van der Waals surface area contributed by atoms with E-state index in [9.17, 15) is 5.11 Å². The van der Waals surface area contributed by atoms with Gasteiger partial charge in [-0.2, -0.15) is 0 Å². The van der Waals surface area contributed by atoms with Gasteiger partial charge < -0.3 is 14.8 Å². The summed E-state index contributed by atoms with van der Waals surface area (Å²) >= 11 is 0. The minimum atomic E-state index is -0.964. The molecule has 2 rings (SSSR count). The number of nitrogens with zero attached hydrogens (tertiary/aromatic N) is 3. The monoisotopic (exact) mass is 264 g/mol. The fourth-order valence-corrected chi connectivity index (χ4v) is 2.17. The summed E-state index contributed by atoms with van der Waals surface area (Å²) in [6, 6.07) is 1.88. The van der Waals surface area contributed by atoms with Crippen molar-refractivity contribution < 1.29 is 9.52 Å². The van der Waals surface area contributed by atoms with Gasteiger partial charge in [0.1, 0.15) is 17.1 Å². The van der Waals surface area contributed by atoms with Gasteiger partial charge in [0.2, 0.25) is 0 Å². The first-order valence-corrected chi connectivity index (χ1v) is 6.24. The lowest BCUT2D eigenvalue weighted by molar-refractivity contribution is 0.0550. The van der Waals surface area contributed by atoms with E-state index in [2.05, 4.69) is 15.6 Å². The van der Waals surface area contributed by atoms with Crippen LogP contribution in [0.1, 0.15) is 29.7 Å². The molecule has 104 valence electrons. The second-order valence-electron chi connectivity index (χ2n) is 5.05. The van der Waals surface area contributed by atoms with E-state index < -0.39 is 5.60 Å². The summed E-state index contributed by atoms with van der Waals surface area (Å²) in [5.41, 5.74) is 0.824. The summed E-state index contributed by atoms with van der Waals surface area (Å²) in [7, 11) is 1.84. The van der Waals surface area contributed by atoms with Crippen molar-refractivity contribution in [1.82, 2.24) is 20.3 Å². The molecule has 0 aliphatic carbocycles. The van der Waals surface area contributed by atoms with Crippen LogP contribution in [0, 0.1) is 13.8 Å². The van der Waals surface area contributed by atoms with Gasteiger partial charge in [-0.3, -0.25) is 4.68 Å². The minimum Gasteiger partial charge on any atom is -0.466 e. The number of furan rings is 1. The summed E-state index contributed by atoms with van der Waals surface area (Å²) in [6.07, 6.45) is 1.70. The molecule has 19 heavy (non-hydrogen) atoms. The van der Waals surface area contributed by atoms with Crippen molar-refractivity contribution >= 4 is 0 Å². The summed E-state index contributed by atoms with van der Waals surface area (Å²) in [5, 5.41) is 21.4. The van der Waals surface area contributed by atoms with Crippen molar-refractivity contribution in [3.8, 4) is 0 Å². The highest BCUT2D eigenvalue weighted by Crippen LogP contribution is 2.26. The summed E-state index contributed by atoms with van der Waals surface area (Å²) in [4.78, 5) is 0. The summed E-state index contributed by atoms with van der Waals surface area (Å²) in [6.45, 7) is 6.55. The highest BCUT2D eigenvalue weighted by atomic mass is 16.3. The van der Waals surface area contributed by atoms with E-state index in [0.717, 1.165) is 22.8 Å². The van der Waals surface area contributed by atoms with Crippen molar-refractivity contribution in [3.63, 3.8) is 0 Å². The van der Waals surface area contributed by atoms with Gasteiger partial charge in [0.25, 0.3) is 0 Å². The number of aryl methyl sites for hydroxylation is 3. The highest BCUT2D eigenvalue weighted by molar-refractivity contribution is 5.26. The van der Waals surface area contributed by atoms with E-state index in [4.69, 9.17) is 4.42 Å². The lowest BCUT2D eigenvalue weighted by Gasteiger charge is -2.23. The number of hydrogen-bond donors (Lipinski definition) is 2. The zero-order chi connectivity index (χ0) is 14.0. The molecule has 0 aromatic carbocycles. The van der Waals surface area contributed by atoms with Crippen LogP contribution in [-0.2, 0) is 19.2 Å². The van der Waals surface area contributed by atoms with Crippen molar-refractivity contribution in [2.24, 2.45) is 7.05 Å². The van der Waals surface area contributed by atoms with Gasteiger partial charge in [-0.15, -0.1) is 5.10 Å². The van der Waals surface area contributed by atoms with Gasteiger partial charge in [-0.25, -0.2) is 0 Å². The Hall–Kier alpha value is -1.66. The number of hydrogen-bond acceptors (Lipinski definition) is 5. The molecule has 0 saturated heterocycles. The van der Waals surface area contributed by atoms with Gasteiger partial charge in [0, 0.05) is 25.7 Å². The number of aliphatic hydroxyl groups is 1. The summed E-state index contributed by atoms with van der Waals surface area (Å²) < 4.78 is 7.16. The van der Waals surface area contributed by atoms with Crippen LogP contribution in [0.4, 0.5) is 0 Å². The SMILES string of the molecule is Cc1cc(C(C)(O)CNCc2cnnn2C)c(C)o1. The van der Waals surface area contributed by atoms with Crippen molar-refractivity contribution in [2.75, 3.05) is 6.54 Å². The van der Waals surface area contributed by atoms with Crippen LogP contribution >= 0.6 is 0 Å². The van der Waals surface area contributed by atoms with Crippen LogP contribution in [0.3, 0.4) is 0 Å². The molecule has 0 spiro atoms. The molecule has 0 bridgehead atoms. The van der Waals surface area contributed by atoms with Crippen LogP contribution < -0.4 is 5.32 Å². The van der Waals surface area contributed by atoms with E-state index in [1.54, 1.807) is 17.8 Å². The van der Waals surface area contributed by atoms with Gasteiger partial charge in [-0.1, -0.05) is 5.21 Å². The Morgan fingerprint density at radius 3 is 2.74 bits per heavy atom. The third kappa shape index (κ3) is 3.02. The second kappa shape index (κ2) is 5.14. The smallest absolute Gasteiger partial charge is 0.107 e. The fraction of sp³-hybridized carbons (Fsp3) is 0.538. The molecule has 2 aromatic heterocycles. The quantitative estimate of drug-likeness (QED) is 0.843. The second-order valence-corrected chi connectivity index (χ2v) is 5.05. The van der Waals surface area contributed by atoms with E-state index in [0.29, 0.717) is 13.1 Å². The van der Waals surface area contributed by atoms with E-state index in [1.807, 2.05) is 27.0 Å². The van der Waals surface area contributed by atoms with Crippen LogP contribution in [-0.4, -0.2) is 26.6 Å². The van der Waals surface area contributed by atoms with Crippen molar-refractivity contribution in [2.45, 2.75) is 32.9 Å². The Labute approximate surface area is 112 Å². The topological polar surface area (TPSA) is 76.1 Å². The van der Waals surface area contributed by atoms with Crippen LogP contribution in [0.2, 0.25) is 0 Å². The van der Waals surface area contributed by atoms with Crippen molar-refractivity contribution in [1.29, 1.82) is 0 Å². The molecule has 0 aliphatic heterocycles. The molecule has 1 unspecified atom stereocenters. The maximum absolute atomic E-state index is 10.5. The summed E-state index contributed by atoms with van der Waals surface area (Å²) in [5.74, 6) is 1.56. The van der Waals surface area contributed by atoms with Crippen LogP contribution in [0.25, 0.3) is 0 Å². The standard InChI is InChI=1S/C13H20N4O2/c1-9-5-12(10(2)19-9)13(3,18)8-14-6-11-7-15-16-17(11)4/h5,7,14,18H,6,8H2,1-4H3. The zero-order valence-electron chi connectivity index (χ0n) is 11.8. The highest BCUT2D eigenvalue weighted by Gasteiger charge is 2.27. The maximum atomic E-state index is 10.5. The third-order valence-corrected chi connectivity index (χ3v) is 3.20. The van der Waals surface area contributed by atoms with Gasteiger partial charge in [-0.05, 0) is 26.8 Å². The predicted molar refractivity (Wildman–Crippen MR) is 70.5 cm³/mol. The first-order valence-electron chi connectivity index (χ1n) is 6.24. The molecule has 0 aliphatic rings. The Kier molecular flexibility index (Phi) is 3.73. The first-order chi connectivity index (χ1) is 8.90. The molecule has 2 N–H and O–H groups in total. The van der Waals surface area contributed by atoms with Crippen LogP contribution in [0.15, 0.2) is 16.7 Å². The minimum absolute atomic E-state index is 0.429. The third-order valence-electron chi connectivity index (χ3n) is 3.20. The van der Waals surface area contributed by atoms with Gasteiger partial charge in [0.05, 0.1) is 11.9 Å². The Bertz CT molecular complexity index is 557. The number of rotatable bonds is 5. The van der Waals surface area contributed by atoms with Crippen molar-refractivity contribution in [3.05, 3.63) is 35.0 Å². The lowest BCUT2D eigenvalue weighted by Crippen LogP contribution is -2.35. The van der Waals surface area contributed by atoms with E-state index >= 15 is 0 Å². The Balaban J connectivity index is 1.98. The normalized spacial score (nSPS) is 14.6. The Morgan fingerprint density at radius 1 is 1.47 bits per heavy atom. The molecule has 0 fully saturated rings.